The predicted octanol–water partition coefficient (Wildman–Crippen LogP) is 2.44. The van der Waals surface area contributed by atoms with E-state index in [4.69, 9.17) is 4.74 Å². The topological polar surface area (TPSA) is 43.4 Å². The second-order valence-corrected chi connectivity index (χ2v) is 3.58. The van der Waals surface area contributed by atoms with Crippen molar-refractivity contribution >= 4 is 18.3 Å². The minimum absolute atomic E-state index is 0.370. The van der Waals surface area contributed by atoms with Crippen LogP contribution in [0.4, 0.5) is 0 Å². The molecule has 3 nitrogen and oxygen atoms in total. The molecule has 0 bridgehead atoms. The molecule has 0 atom stereocenters. The number of benzene rings is 1. The lowest BCUT2D eigenvalue weighted by atomic mass is 10.0. The zero-order chi connectivity index (χ0) is 12.1. The van der Waals surface area contributed by atoms with Crippen LogP contribution in [0.15, 0.2) is 18.2 Å². The maximum atomic E-state index is 10.9. The number of esters is 1. The first-order valence-corrected chi connectivity index (χ1v) is 4.96. The molecule has 0 saturated heterocycles. The Bertz CT molecular complexity index is 445. The molecule has 1 aromatic carbocycles. The maximum absolute atomic E-state index is 10.9. The number of hydrogen-bond acceptors (Lipinski definition) is 3. The molecule has 0 amide bonds. The molecule has 0 saturated carbocycles. The predicted molar refractivity (Wildman–Crippen MR) is 62.3 cm³/mol. The van der Waals surface area contributed by atoms with Crippen LogP contribution in [0.25, 0.3) is 6.08 Å². The Hall–Kier alpha value is -1.90. The summed E-state index contributed by atoms with van der Waals surface area (Å²) < 4.78 is 5.10. The van der Waals surface area contributed by atoms with Crippen molar-refractivity contribution in [2.75, 3.05) is 0 Å². The molecule has 0 radical (unpaired) electrons. The first-order chi connectivity index (χ1) is 7.54. The Morgan fingerprint density at radius 1 is 1.31 bits per heavy atom. The van der Waals surface area contributed by atoms with Gasteiger partial charge in [-0.15, -0.1) is 0 Å². The fraction of sp³-hybridized carbons (Fsp3) is 0.231. The smallest absolute Gasteiger partial charge is 0.308 e. The van der Waals surface area contributed by atoms with Gasteiger partial charge in [0.05, 0.1) is 0 Å². The number of ether oxygens (including phenoxy) is 1. The number of hydrogen-bond donors (Lipinski definition) is 0. The van der Waals surface area contributed by atoms with Gasteiger partial charge in [-0.25, -0.2) is 0 Å². The van der Waals surface area contributed by atoms with Gasteiger partial charge in [0.25, 0.3) is 0 Å². The number of aryl methyl sites for hydroxylation is 2. The fourth-order valence-corrected chi connectivity index (χ4v) is 1.53. The van der Waals surface area contributed by atoms with Crippen molar-refractivity contribution in [1.82, 2.24) is 0 Å². The summed E-state index contributed by atoms with van der Waals surface area (Å²) in [5.74, 6) is 0.119. The summed E-state index contributed by atoms with van der Waals surface area (Å²) in [5.41, 5.74) is 2.74. The molecule has 0 aliphatic heterocycles. The van der Waals surface area contributed by atoms with Gasteiger partial charge in [0, 0.05) is 12.5 Å². The molecule has 84 valence electrons. The quantitative estimate of drug-likeness (QED) is 0.339. The Labute approximate surface area is 94.7 Å². The number of rotatable bonds is 3. The highest BCUT2D eigenvalue weighted by Crippen LogP contribution is 2.25. The molecular weight excluding hydrogens is 204 g/mol. The van der Waals surface area contributed by atoms with E-state index in [0.29, 0.717) is 12.0 Å². The first kappa shape index (κ1) is 12.2. The second kappa shape index (κ2) is 5.26. The molecule has 0 aliphatic rings. The van der Waals surface area contributed by atoms with Crippen molar-refractivity contribution in [2.45, 2.75) is 20.8 Å². The molecular formula is C13H14O3. The van der Waals surface area contributed by atoms with Gasteiger partial charge < -0.3 is 4.74 Å². The third-order valence-electron chi connectivity index (χ3n) is 2.09. The molecule has 0 spiro atoms. The molecule has 0 unspecified atom stereocenters. The van der Waals surface area contributed by atoms with Crippen LogP contribution in [-0.2, 0) is 9.59 Å². The molecule has 1 aromatic rings. The SMILES string of the molecule is CC(=O)Oc1cc(C)cc(C)c1/C=C\C=O. The lowest BCUT2D eigenvalue weighted by Crippen LogP contribution is -2.04. The number of carbonyl (C=O) groups is 2. The highest BCUT2D eigenvalue weighted by atomic mass is 16.5. The van der Waals surface area contributed by atoms with Crippen LogP contribution in [0.5, 0.6) is 5.75 Å². The summed E-state index contributed by atoms with van der Waals surface area (Å²) in [6, 6.07) is 3.75. The normalized spacial score (nSPS) is 10.4. The summed E-state index contributed by atoms with van der Waals surface area (Å²) in [4.78, 5) is 21.2. The van der Waals surface area contributed by atoms with E-state index in [9.17, 15) is 9.59 Å². The van der Waals surface area contributed by atoms with Crippen molar-refractivity contribution in [2.24, 2.45) is 0 Å². The van der Waals surface area contributed by atoms with E-state index in [0.717, 1.165) is 16.7 Å². The van der Waals surface area contributed by atoms with E-state index >= 15 is 0 Å². The van der Waals surface area contributed by atoms with E-state index in [-0.39, 0.29) is 5.97 Å². The summed E-state index contributed by atoms with van der Waals surface area (Å²) in [6.45, 7) is 5.18. The van der Waals surface area contributed by atoms with Crippen LogP contribution in [-0.4, -0.2) is 12.3 Å². The van der Waals surface area contributed by atoms with E-state index < -0.39 is 0 Å². The Kier molecular flexibility index (Phi) is 4.00. The summed E-state index contributed by atoms with van der Waals surface area (Å²) in [7, 11) is 0. The molecule has 3 heteroatoms. The molecule has 0 fully saturated rings. The van der Waals surface area contributed by atoms with E-state index in [1.807, 2.05) is 19.9 Å². The van der Waals surface area contributed by atoms with Crippen molar-refractivity contribution in [3.63, 3.8) is 0 Å². The van der Waals surface area contributed by atoms with Crippen LogP contribution >= 0.6 is 0 Å². The Morgan fingerprint density at radius 3 is 2.56 bits per heavy atom. The van der Waals surface area contributed by atoms with Crippen LogP contribution in [0.2, 0.25) is 0 Å². The third-order valence-corrected chi connectivity index (χ3v) is 2.09. The van der Waals surface area contributed by atoms with Crippen molar-refractivity contribution < 1.29 is 14.3 Å². The van der Waals surface area contributed by atoms with E-state index in [1.54, 1.807) is 12.1 Å². The van der Waals surface area contributed by atoms with E-state index in [2.05, 4.69) is 0 Å². The summed E-state index contributed by atoms with van der Waals surface area (Å²) in [6.07, 6.45) is 3.71. The van der Waals surface area contributed by atoms with Gasteiger partial charge in [0.15, 0.2) is 0 Å². The monoisotopic (exact) mass is 218 g/mol. The van der Waals surface area contributed by atoms with Gasteiger partial charge >= 0.3 is 5.97 Å². The van der Waals surface area contributed by atoms with Gasteiger partial charge in [-0.2, -0.15) is 0 Å². The summed E-state index contributed by atoms with van der Waals surface area (Å²) >= 11 is 0. The molecule has 0 aromatic heterocycles. The standard InChI is InChI=1S/C13H14O3/c1-9-7-10(2)12(5-4-6-14)13(8-9)16-11(3)15/h4-8H,1-3H3/b5-4-. The molecule has 0 aliphatic carbocycles. The average Bonchev–Trinajstić information content (AvgIpc) is 2.15. The number of aldehydes is 1. The van der Waals surface area contributed by atoms with E-state index in [1.165, 1.54) is 13.0 Å². The van der Waals surface area contributed by atoms with Crippen molar-refractivity contribution in [1.29, 1.82) is 0 Å². The highest BCUT2D eigenvalue weighted by molar-refractivity contribution is 5.78. The van der Waals surface area contributed by atoms with Crippen LogP contribution < -0.4 is 4.74 Å². The van der Waals surface area contributed by atoms with Gasteiger partial charge in [0.1, 0.15) is 12.0 Å². The molecule has 16 heavy (non-hydrogen) atoms. The minimum atomic E-state index is -0.370. The number of allylic oxidation sites excluding steroid dienone is 1. The zero-order valence-corrected chi connectivity index (χ0v) is 9.61. The molecule has 1 rings (SSSR count). The van der Waals surface area contributed by atoms with Crippen molar-refractivity contribution in [3.05, 3.63) is 34.9 Å². The Balaban J connectivity index is 3.25. The summed E-state index contributed by atoms with van der Waals surface area (Å²) in [5, 5.41) is 0. The largest absolute Gasteiger partial charge is 0.426 e. The lowest BCUT2D eigenvalue weighted by Gasteiger charge is -2.09. The van der Waals surface area contributed by atoms with Crippen LogP contribution in [0, 0.1) is 13.8 Å². The third kappa shape index (κ3) is 3.05. The Morgan fingerprint density at radius 2 is 2.00 bits per heavy atom. The van der Waals surface area contributed by atoms with Gasteiger partial charge in [0.2, 0.25) is 0 Å². The number of carbonyl (C=O) groups excluding carboxylic acids is 2. The minimum Gasteiger partial charge on any atom is -0.426 e. The van der Waals surface area contributed by atoms with Gasteiger partial charge in [-0.3, -0.25) is 9.59 Å². The van der Waals surface area contributed by atoms with Crippen LogP contribution in [0.3, 0.4) is 0 Å². The van der Waals surface area contributed by atoms with Gasteiger partial charge in [-0.05, 0) is 43.2 Å². The zero-order valence-electron chi connectivity index (χ0n) is 9.61. The van der Waals surface area contributed by atoms with Crippen LogP contribution in [0.1, 0.15) is 23.6 Å². The second-order valence-electron chi connectivity index (χ2n) is 3.58. The molecule has 0 heterocycles. The maximum Gasteiger partial charge on any atom is 0.308 e. The van der Waals surface area contributed by atoms with Gasteiger partial charge in [-0.1, -0.05) is 6.07 Å². The van der Waals surface area contributed by atoms with Crippen molar-refractivity contribution in [3.8, 4) is 5.75 Å². The highest BCUT2D eigenvalue weighted by Gasteiger charge is 2.07. The molecule has 0 N–H and O–H groups in total. The average molecular weight is 218 g/mol. The first-order valence-electron chi connectivity index (χ1n) is 4.96. The lowest BCUT2D eigenvalue weighted by molar-refractivity contribution is -0.131. The fourth-order valence-electron chi connectivity index (χ4n) is 1.53.